The van der Waals surface area contributed by atoms with E-state index in [4.69, 9.17) is 9.47 Å². The van der Waals surface area contributed by atoms with E-state index in [2.05, 4.69) is 6.92 Å². The number of rotatable bonds is 6. The zero-order valence-corrected chi connectivity index (χ0v) is 10.6. The average molecular weight is 236 g/mol. The molecule has 3 nitrogen and oxygen atoms in total. The van der Waals surface area contributed by atoms with Crippen molar-refractivity contribution in [3.63, 3.8) is 0 Å². The summed E-state index contributed by atoms with van der Waals surface area (Å²) in [7, 11) is 0. The lowest BCUT2D eigenvalue weighted by Crippen LogP contribution is -2.12. The molecule has 0 amide bonds. The zero-order chi connectivity index (χ0) is 12.5. The first kappa shape index (κ1) is 13.6. The molecule has 0 atom stereocenters. The van der Waals surface area contributed by atoms with E-state index in [-0.39, 0.29) is 0 Å². The summed E-state index contributed by atoms with van der Waals surface area (Å²) in [5.41, 5.74) is 1.01. The van der Waals surface area contributed by atoms with E-state index >= 15 is 0 Å². The number of ether oxygens (including phenoxy) is 2. The third-order valence-corrected chi connectivity index (χ3v) is 2.51. The van der Waals surface area contributed by atoms with Crippen LogP contribution in [0.25, 0.3) is 0 Å². The van der Waals surface area contributed by atoms with Crippen LogP contribution < -0.4 is 4.74 Å². The first-order valence-electron chi connectivity index (χ1n) is 6.20. The molecule has 1 rings (SSSR count). The SMILES string of the molecule is CCCCCOC(=O)Oc1ccccc1CC. The maximum atomic E-state index is 11.4. The van der Waals surface area contributed by atoms with Crippen LogP contribution in [0.5, 0.6) is 5.75 Å². The van der Waals surface area contributed by atoms with Crippen LogP contribution in [0.3, 0.4) is 0 Å². The van der Waals surface area contributed by atoms with Crippen molar-refractivity contribution in [2.24, 2.45) is 0 Å². The van der Waals surface area contributed by atoms with Crippen LogP contribution in [0.4, 0.5) is 4.79 Å². The minimum Gasteiger partial charge on any atom is -0.434 e. The summed E-state index contributed by atoms with van der Waals surface area (Å²) in [5.74, 6) is 0.593. The molecule has 3 heteroatoms. The van der Waals surface area contributed by atoms with Crippen molar-refractivity contribution in [3.05, 3.63) is 29.8 Å². The second kappa shape index (κ2) is 7.71. The summed E-state index contributed by atoms with van der Waals surface area (Å²) in [6, 6.07) is 7.50. The van der Waals surface area contributed by atoms with Crippen molar-refractivity contribution < 1.29 is 14.3 Å². The third kappa shape index (κ3) is 4.89. The van der Waals surface area contributed by atoms with Crippen LogP contribution in [0.1, 0.15) is 38.7 Å². The first-order valence-corrected chi connectivity index (χ1v) is 6.20. The Balaban J connectivity index is 2.39. The Morgan fingerprint density at radius 1 is 1.18 bits per heavy atom. The van der Waals surface area contributed by atoms with Crippen molar-refractivity contribution in [2.75, 3.05) is 6.61 Å². The molecule has 0 saturated heterocycles. The summed E-state index contributed by atoms with van der Waals surface area (Å²) in [4.78, 5) is 11.4. The van der Waals surface area contributed by atoms with Gasteiger partial charge in [0.15, 0.2) is 0 Å². The lowest BCUT2D eigenvalue weighted by molar-refractivity contribution is 0.0971. The number of hydrogen-bond donors (Lipinski definition) is 0. The third-order valence-electron chi connectivity index (χ3n) is 2.51. The molecule has 0 unspecified atom stereocenters. The Morgan fingerprint density at radius 3 is 2.65 bits per heavy atom. The summed E-state index contributed by atoms with van der Waals surface area (Å²) in [6.45, 7) is 4.56. The van der Waals surface area contributed by atoms with E-state index in [0.29, 0.717) is 12.4 Å². The van der Waals surface area contributed by atoms with Crippen molar-refractivity contribution >= 4 is 6.16 Å². The van der Waals surface area contributed by atoms with Gasteiger partial charge in [0.1, 0.15) is 5.75 Å². The maximum Gasteiger partial charge on any atom is 0.513 e. The number of carbonyl (C=O) groups is 1. The van der Waals surface area contributed by atoms with Crippen LogP contribution in [0.2, 0.25) is 0 Å². The van der Waals surface area contributed by atoms with Crippen molar-refractivity contribution in [1.82, 2.24) is 0 Å². The van der Waals surface area contributed by atoms with Gasteiger partial charge in [-0.3, -0.25) is 0 Å². The first-order chi connectivity index (χ1) is 8.27. The highest BCUT2D eigenvalue weighted by Gasteiger charge is 2.08. The van der Waals surface area contributed by atoms with Crippen LogP contribution in [0, 0.1) is 0 Å². The molecule has 0 fully saturated rings. The van der Waals surface area contributed by atoms with E-state index in [1.54, 1.807) is 6.07 Å². The summed E-state index contributed by atoms with van der Waals surface area (Å²) < 4.78 is 10.1. The fraction of sp³-hybridized carbons (Fsp3) is 0.500. The second-order valence-electron chi connectivity index (χ2n) is 3.87. The van der Waals surface area contributed by atoms with Gasteiger partial charge in [0.25, 0.3) is 0 Å². The van der Waals surface area contributed by atoms with E-state index in [9.17, 15) is 4.79 Å². The maximum absolute atomic E-state index is 11.4. The van der Waals surface area contributed by atoms with Gasteiger partial charge in [-0.1, -0.05) is 44.9 Å². The number of para-hydroxylation sites is 1. The molecule has 0 radical (unpaired) electrons. The molecule has 0 aliphatic carbocycles. The van der Waals surface area contributed by atoms with Gasteiger partial charge in [0.2, 0.25) is 0 Å². The summed E-state index contributed by atoms with van der Waals surface area (Å²) >= 11 is 0. The van der Waals surface area contributed by atoms with Crippen molar-refractivity contribution in [3.8, 4) is 5.75 Å². The van der Waals surface area contributed by atoms with E-state index in [1.807, 2.05) is 25.1 Å². The monoisotopic (exact) mass is 236 g/mol. The van der Waals surface area contributed by atoms with Gasteiger partial charge in [-0.05, 0) is 24.5 Å². The molecule has 1 aromatic rings. The number of benzene rings is 1. The van der Waals surface area contributed by atoms with Gasteiger partial charge in [-0.15, -0.1) is 0 Å². The predicted octanol–water partition coefficient (Wildman–Crippen LogP) is 3.95. The quantitative estimate of drug-likeness (QED) is 0.426. The van der Waals surface area contributed by atoms with Crippen LogP contribution >= 0.6 is 0 Å². The summed E-state index contributed by atoms with van der Waals surface area (Å²) in [5, 5.41) is 0. The minimum atomic E-state index is -0.609. The van der Waals surface area contributed by atoms with E-state index in [0.717, 1.165) is 31.2 Å². The van der Waals surface area contributed by atoms with Gasteiger partial charge in [-0.25, -0.2) is 4.79 Å². The molecule has 0 aliphatic rings. The normalized spacial score (nSPS) is 10.0. The number of hydrogen-bond acceptors (Lipinski definition) is 3. The molecule has 0 aliphatic heterocycles. The predicted molar refractivity (Wildman–Crippen MR) is 67.3 cm³/mol. The van der Waals surface area contributed by atoms with Gasteiger partial charge >= 0.3 is 6.16 Å². The fourth-order valence-electron chi connectivity index (χ4n) is 1.52. The molecule has 0 bridgehead atoms. The lowest BCUT2D eigenvalue weighted by atomic mass is 10.1. The van der Waals surface area contributed by atoms with Gasteiger partial charge in [-0.2, -0.15) is 0 Å². The van der Waals surface area contributed by atoms with Crippen molar-refractivity contribution in [1.29, 1.82) is 0 Å². The standard InChI is InChI=1S/C14H20O3/c1-3-5-8-11-16-14(15)17-13-10-7-6-9-12(13)4-2/h6-7,9-10H,3-5,8,11H2,1-2H3. The molecule has 0 aromatic heterocycles. The Hall–Kier alpha value is -1.51. The zero-order valence-electron chi connectivity index (χ0n) is 10.6. The second-order valence-corrected chi connectivity index (χ2v) is 3.87. The fourth-order valence-corrected chi connectivity index (χ4v) is 1.52. The molecule has 1 aromatic carbocycles. The molecular weight excluding hydrogens is 216 g/mol. The topological polar surface area (TPSA) is 35.5 Å². The lowest BCUT2D eigenvalue weighted by Gasteiger charge is -2.08. The Labute approximate surface area is 103 Å². The molecule has 0 spiro atoms. The number of aryl methyl sites for hydroxylation is 1. The number of unbranched alkanes of at least 4 members (excludes halogenated alkanes) is 2. The molecule has 0 saturated carbocycles. The van der Waals surface area contributed by atoms with Crippen molar-refractivity contribution in [2.45, 2.75) is 39.5 Å². The van der Waals surface area contributed by atoms with E-state index in [1.165, 1.54) is 0 Å². The Kier molecular flexibility index (Phi) is 6.15. The van der Waals surface area contributed by atoms with Crippen LogP contribution in [-0.2, 0) is 11.2 Å². The van der Waals surface area contributed by atoms with Gasteiger partial charge < -0.3 is 9.47 Å². The Morgan fingerprint density at radius 2 is 1.94 bits per heavy atom. The summed E-state index contributed by atoms with van der Waals surface area (Å²) in [6.07, 6.45) is 3.29. The van der Waals surface area contributed by atoms with Gasteiger partial charge in [0.05, 0.1) is 6.61 Å². The highest BCUT2D eigenvalue weighted by Crippen LogP contribution is 2.18. The molecule has 17 heavy (non-hydrogen) atoms. The minimum absolute atomic E-state index is 0.432. The smallest absolute Gasteiger partial charge is 0.434 e. The molecular formula is C14H20O3. The van der Waals surface area contributed by atoms with E-state index < -0.39 is 6.16 Å². The molecule has 94 valence electrons. The molecule has 0 heterocycles. The highest BCUT2D eigenvalue weighted by atomic mass is 16.7. The average Bonchev–Trinajstić information content (AvgIpc) is 2.35. The Bertz CT molecular complexity index is 347. The van der Waals surface area contributed by atoms with Gasteiger partial charge in [0, 0.05) is 0 Å². The molecule has 0 N–H and O–H groups in total. The largest absolute Gasteiger partial charge is 0.513 e. The van der Waals surface area contributed by atoms with Crippen LogP contribution in [-0.4, -0.2) is 12.8 Å². The highest BCUT2D eigenvalue weighted by molar-refractivity contribution is 5.64. The number of carbonyl (C=O) groups excluding carboxylic acids is 1. The van der Waals surface area contributed by atoms with Crippen LogP contribution in [0.15, 0.2) is 24.3 Å².